The van der Waals surface area contributed by atoms with Crippen LogP contribution >= 0.6 is 0 Å². The van der Waals surface area contributed by atoms with E-state index in [0.717, 1.165) is 24.3 Å². The maximum atomic E-state index is 12.5. The minimum absolute atomic E-state index is 0.117. The third kappa shape index (κ3) is 5.23. The van der Waals surface area contributed by atoms with Gasteiger partial charge in [-0.2, -0.15) is 13.2 Å². The lowest BCUT2D eigenvalue weighted by Gasteiger charge is -2.11. The highest BCUT2D eigenvalue weighted by Crippen LogP contribution is 2.30. The summed E-state index contributed by atoms with van der Waals surface area (Å²) >= 11 is 0. The molecule has 2 aromatic carbocycles. The molecular formula is C18H16F3NO4. The molecule has 0 aliphatic rings. The van der Waals surface area contributed by atoms with Crippen molar-refractivity contribution in [2.75, 3.05) is 18.5 Å². The lowest BCUT2D eigenvalue weighted by atomic mass is 10.2. The van der Waals surface area contributed by atoms with Crippen LogP contribution in [0.5, 0.6) is 5.75 Å². The van der Waals surface area contributed by atoms with Crippen LogP contribution < -0.4 is 10.1 Å². The number of hydrogen-bond acceptors (Lipinski definition) is 4. The molecule has 0 aliphatic carbocycles. The summed E-state index contributed by atoms with van der Waals surface area (Å²) in [6, 6.07) is 10.3. The average Bonchev–Trinajstić information content (AvgIpc) is 2.60. The van der Waals surface area contributed by atoms with Crippen LogP contribution in [-0.4, -0.2) is 25.1 Å². The summed E-state index contributed by atoms with van der Waals surface area (Å²) in [5.74, 6) is -1.03. The summed E-state index contributed by atoms with van der Waals surface area (Å²) in [6.45, 7) is 1.43. The van der Waals surface area contributed by atoms with Gasteiger partial charge in [-0.15, -0.1) is 0 Å². The minimum atomic E-state index is -4.44. The zero-order valence-corrected chi connectivity index (χ0v) is 13.8. The molecule has 0 radical (unpaired) electrons. The number of alkyl halides is 3. The van der Waals surface area contributed by atoms with Crippen molar-refractivity contribution < 1.29 is 32.2 Å². The molecule has 0 saturated carbocycles. The monoisotopic (exact) mass is 367 g/mol. The van der Waals surface area contributed by atoms with E-state index in [1.807, 2.05) is 0 Å². The Labute approximate surface area is 147 Å². The maximum Gasteiger partial charge on any atom is 0.416 e. The van der Waals surface area contributed by atoms with E-state index in [9.17, 15) is 22.8 Å². The maximum absolute atomic E-state index is 12.5. The molecule has 5 nitrogen and oxygen atoms in total. The standard InChI is InChI=1S/C18H16F3NO4/c1-2-25-17(24)14-5-3-4-6-15(14)22-16(23)11-26-13-9-7-12(8-10-13)18(19,20)21/h3-10H,2,11H2,1H3,(H,22,23). The number of amides is 1. The number of anilines is 1. The number of ether oxygens (including phenoxy) is 2. The second kappa shape index (κ2) is 8.37. The van der Waals surface area contributed by atoms with Crippen LogP contribution in [0.2, 0.25) is 0 Å². The molecule has 26 heavy (non-hydrogen) atoms. The summed E-state index contributed by atoms with van der Waals surface area (Å²) in [7, 11) is 0. The predicted octanol–water partition coefficient (Wildman–Crippen LogP) is 3.90. The van der Waals surface area contributed by atoms with Crippen molar-refractivity contribution >= 4 is 17.6 Å². The summed E-state index contributed by atoms with van der Waals surface area (Å²) in [5, 5.41) is 2.51. The van der Waals surface area contributed by atoms with Gasteiger partial charge in [0, 0.05) is 0 Å². The zero-order valence-electron chi connectivity index (χ0n) is 13.8. The molecule has 0 unspecified atom stereocenters. The number of rotatable bonds is 6. The summed E-state index contributed by atoms with van der Waals surface area (Å²) in [6.07, 6.45) is -4.44. The number of hydrogen-bond donors (Lipinski definition) is 1. The Hall–Kier alpha value is -3.03. The molecule has 2 aromatic rings. The number of carbonyl (C=O) groups excluding carboxylic acids is 2. The molecule has 0 saturated heterocycles. The lowest BCUT2D eigenvalue weighted by Crippen LogP contribution is -2.22. The second-order valence-corrected chi connectivity index (χ2v) is 5.13. The molecule has 0 spiro atoms. The molecule has 0 atom stereocenters. The van der Waals surface area contributed by atoms with Crippen molar-refractivity contribution in [1.82, 2.24) is 0 Å². The van der Waals surface area contributed by atoms with E-state index in [-0.39, 0.29) is 23.6 Å². The van der Waals surface area contributed by atoms with Gasteiger partial charge in [0.15, 0.2) is 6.61 Å². The summed E-state index contributed by atoms with van der Waals surface area (Å²) in [4.78, 5) is 23.8. The fourth-order valence-corrected chi connectivity index (χ4v) is 2.05. The molecule has 8 heteroatoms. The first-order chi connectivity index (χ1) is 12.3. The smallest absolute Gasteiger partial charge is 0.416 e. The molecular weight excluding hydrogens is 351 g/mol. The van der Waals surface area contributed by atoms with Gasteiger partial charge < -0.3 is 14.8 Å². The largest absolute Gasteiger partial charge is 0.484 e. The van der Waals surface area contributed by atoms with Gasteiger partial charge in [-0.3, -0.25) is 4.79 Å². The molecule has 0 fully saturated rings. The van der Waals surface area contributed by atoms with E-state index < -0.39 is 30.2 Å². The SMILES string of the molecule is CCOC(=O)c1ccccc1NC(=O)COc1ccc(C(F)(F)F)cc1. The molecule has 2 rings (SSSR count). The number of carbonyl (C=O) groups is 2. The summed E-state index contributed by atoms with van der Waals surface area (Å²) in [5.41, 5.74) is -0.359. The fourth-order valence-electron chi connectivity index (χ4n) is 2.05. The van der Waals surface area contributed by atoms with E-state index in [2.05, 4.69) is 5.32 Å². The molecule has 0 aromatic heterocycles. The first kappa shape index (κ1) is 19.3. The van der Waals surface area contributed by atoms with E-state index in [0.29, 0.717) is 0 Å². The first-order valence-corrected chi connectivity index (χ1v) is 7.67. The lowest BCUT2D eigenvalue weighted by molar-refractivity contribution is -0.137. The Morgan fingerprint density at radius 3 is 2.31 bits per heavy atom. The number of benzene rings is 2. The quantitative estimate of drug-likeness (QED) is 0.787. The van der Waals surface area contributed by atoms with Gasteiger partial charge in [-0.25, -0.2) is 4.79 Å². The first-order valence-electron chi connectivity index (χ1n) is 7.67. The van der Waals surface area contributed by atoms with Gasteiger partial charge in [0.2, 0.25) is 0 Å². The molecule has 138 valence electrons. The van der Waals surface area contributed by atoms with Crippen LogP contribution in [0.4, 0.5) is 18.9 Å². The van der Waals surface area contributed by atoms with Crippen LogP contribution in [-0.2, 0) is 15.7 Å². The number of halogens is 3. The van der Waals surface area contributed by atoms with E-state index in [1.54, 1.807) is 19.1 Å². The van der Waals surface area contributed by atoms with Gasteiger partial charge in [0.05, 0.1) is 23.4 Å². The van der Waals surface area contributed by atoms with Gasteiger partial charge in [-0.05, 0) is 43.3 Å². The van der Waals surface area contributed by atoms with Crippen LogP contribution in [0.15, 0.2) is 48.5 Å². The molecule has 0 bridgehead atoms. The second-order valence-electron chi connectivity index (χ2n) is 5.13. The minimum Gasteiger partial charge on any atom is -0.484 e. The van der Waals surface area contributed by atoms with E-state index in [4.69, 9.17) is 9.47 Å². The van der Waals surface area contributed by atoms with Gasteiger partial charge >= 0.3 is 12.1 Å². The van der Waals surface area contributed by atoms with Crippen molar-refractivity contribution in [1.29, 1.82) is 0 Å². The van der Waals surface area contributed by atoms with Crippen LogP contribution in [0, 0.1) is 0 Å². The third-order valence-corrected chi connectivity index (χ3v) is 3.25. The highest BCUT2D eigenvalue weighted by atomic mass is 19.4. The Balaban J connectivity index is 1.96. The number of esters is 1. The van der Waals surface area contributed by atoms with E-state index in [1.165, 1.54) is 12.1 Å². The fraction of sp³-hybridized carbons (Fsp3) is 0.222. The predicted molar refractivity (Wildman–Crippen MR) is 88.0 cm³/mol. The zero-order chi connectivity index (χ0) is 19.2. The average molecular weight is 367 g/mol. The van der Waals surface area contributed by atoms with Crippen LogP contribution in [0.1, 0.15) is 22.8 Å². The molecule has 0 aliphatic heterocycles. The normalized spacial score (nSPS) is 10.9. The van der Waals surface area contributed by atoms with Gasteiger partial charge in [-0.1, -0.05) is 12.1 Å². The van der Waals surface area contributed by atoms with Crippen molar-refractivity contribution in [2.45, 2.75) is 13.1 Å². The topological polar surface area (TPSA) is 64.6 Å². The Morgan fingerprint density at radius 1 is 1.04 bits per heavy atom. The van der Waals surface area contributed by atoms with Crippen molar-refractivity contribution in [3.8, 4) is 5.75 Å². The Morgan fingerprint density at radius 2 is 1.69 bits per heavy atom. The van der Waals surface area contributed by atoms with Gasteiger partial charge in [0.25, 0.3) is 5.91 Å². The van der Waals surface area contributed by atoms with Crippen LogP contribution in [0.3, 0.4) is 0 Å². The Kier molecular flexibility index (Phi) is 6.21. The van der Waals surface area contributed by atoms with Crippen LogP contribution in [0.25, 0.3) is 0 Å². The molecule has 1 amide bonds. The van der Waals surface area contributed by atoms with Crippen molar-refractivity contribution in [3.05, 3.63) is 59.7 Å². The number of nitrogens with one attached hydrogen (secondary N) is 1. The Bertz CT molecular complexity index is 773. The van der Waals surface area contributed by atoms with E-state index >= 15 is 0 Å². The molecule has 1 N–H and O–H groups in total. The molecule has 0 heterocycles. The van der Waals surface area contributed by atoms with Crippen molar-refractivity contribution in [2.24, 2.45) is 0 Å². The third-order valence-electron chi connectivity index (χ3n) is 3.25. The number of para-hydroxylation sites is 1. The summed E-state index contributed by atoms with van der Waals surface area (Å²) < 4.78 is 47.5. The highest BCUT2D eigenvalue weighted by Gasteiger charge is 2.30. The van der Waals surface area contributed by atoms with Crippen molar-refractivity contribution in [3.63, 3.8) is 0 Å². The highest BCUT2D eigenvalue weighted by molar-refractivity contribution is 6.01. The van der Waals surface area contributed by atoms with Gasteiger partial charge in [0.1, 0.15) is 5.75 Å².